The Hall–Kier alpha value is -1.36. The molecule has 1 fully saturated rings. The fourth-order valence-electron chi connectivity index (χ4n) is 2.69. The summed E-state index contributed by atoms with van der Waals surface area (Å²) in [5.41, 5.74) is 5.87. The summed E-state index contributed by atoms with van der Waals surface area (Å²) in [4.78, 5) is 13.5. The molecule has 1 aromatic heterocycles. The molecule has 0 spiro atoms. The van der Waals surface area contributed by atoms with Crippen LogP contribution in [0.2, 0.25) is 0 Å². The highest BCUT2D eigenvalue weighted by atomic mass is 15.2. The lowest BCUT2D eigenvalue weighted by Gasteiger charge is -2.22. The van der Waals surface area contributed by atoms with E-state index in [4.69, 9.17) is 5.73 Å². The molecule has 19 heavy (non-hydrogen) atoms. The van der Waals surface area contributed by atoms with E-state index in [2.05, 4.69) is 40.8 Å². The van der Waals surface area contributed by atoms with Gasteiger partial charge in [0.1, 0.15) is 17.5 Å². The standard InChI is InChI=1S/C14H25N5/c1-4-5-13-16-12(15)8-14(17-13)19(3)10-11-6-7-18(2)9-11/h8,11H,4-7,9-10H2,1-3H3,(H2,15,16,17). The molecular formula is C14H25N5. The van der Waals surface area contributed by atoms with Crippen LogP contribution in [0.25, 0.3) is 0 Å². The number of anilines is 2. The average Bonchev–Trinajstić information content (AvgIpc) is 2.74. The second-order valence-electron chi connectivity index (χ2n) is 5.61. The number of nitrogens with zero attached hydrogens (tertiary/aromatic N) is 4. The molecular weight excluding hydrogens is 238 g/mol. The molecule has 2 rings (SSSR count). The van der Waals surface area contributed by atoms with Gasteiger partial charge in [0.15, 0.2) is 0 Å². The number of aryl methyl sites for hydroxylation is 1. The first-order valence-corrected chi connectivity index (χ1v) is 7.11. The molecule has 0 aliphatic carbocycles. The summed E-state index contributed by atoms with van der Waals surface area (Å²) in [5.74, 6) is 3.10. The number of hydrogen-bond donors (Lipinski definition) is 1. The number of likely N-dealkylation sites (tertiary alicyclic amines) is 1. The molecule has 1 unspecified atom stereocenters. The van der Waals surface area contributed by atoms with Gasteiger partial charge in [-0.2, -0.15) is 0 Å². The van der Waals surface area contributed by atoms with Crippen LogP contribution in [0.15, 0.2) is 6.07 Å². The molecule has 1 saturated heterocycles. The molecule has 0 amide bonds. The number of aromatic nitrogens is 2. The lowest BCUT2D eigenvalue weighted by molar-refractivity contribution is 0.395. The first-order valence-electron chi connectivity index (χ1n) is 7.11. The van der Waals surface area contributed by atoms with Crippen LogP contribution >= 0.6 is 0 Å². The van der Waals surface area contributed by atoms with Crippen LogP contribution in [0.5, 0.6) is 0 Å². The van der Waals surface area contributed by atoms with Gasteiger partial charge >= 0.3 is 0 Å². The van der Waals surface area contributed by atoms with Gasteiger partial charge in [-0.1, -0.05) is 6.92 Å². The molecule has 106 valence electrons. The molecule has 1 aliphatic heterocycles. The van der Waals surface area contributed by atoms with Crippen LogP contribution in [0.4, 0.5) is 11.6 Å². The van der Waals surface area contributed by atoms with Crippen LogP contribution in [0, 0.1) is 5.92 Å². The van der Waals surface area contributed by atoms with Gasteiger partial charge in [0.2, 0.25) is 0 Å². The zero-order valence-electron chi connectivity index (χ0n) is 12.3. The van der Waals surface area contributed by atoms with E-state index >= 15 is 0 Å². The maximum Gasteiger partial charge on any atom is 0.134 e. The van der Waals surface area contributed by atoms with Crippen LogP contribution in [-0.4, -0.2) is 48.6 Å². The molecule has 0 radical (unpaired) electrons. The minimum atomic E-state index is 0.573. The van der Waals surface area contributed by atoms with E-state index in [9.17, 15) is 0 Å². The topological polar surface area (TPSA) is 58.3 Å². The highest BCUT2D eigenvalue weighted by Crippen LogP contribution is 2.19. The van der Waals surface area contributed by atoms with Crippen molar-refractivity contribution in [2.45, 2.75) is 26.2 Å². The number of nitrogen functional groups attached to an aromatic ring is 1. The summed E-state index contributed by atoms with van der Waals surface area (Å²) in [5, 5.41) is 0. The predicted molar refractivity (Wildman–Crippen MR) is 79.3 cm³/mol. The molecule has 1 aliphatic rings. The second-order valence-corrected chi connectivity index (χ2v) is 5.61. The first kappa shape index (κ1) is 14.1. The molecule has 5 heteroatoms. The summed E-state index contributed by atoms with van der Waals surface area (Å²) in [7, 11) is 4.28. The maximum atomic E-state index is 5.87. The highest BCUT2D eigenvalue weighted by molar-refractivity contribution is 5.46. The fourth-order valence-corrected chi connectivity index (χ4v) is 2.69. The predicted octanol–water partition coefficient (Wildman–Crippen LogP) is 1.40. The van der Waals surface area contributed by atoms with Crippen LogP contribution in [-0.2, 0) is 6.42 Å². The lowest BCUT2D eigenvalue weighted by Crippen LogP contribution is -2.28. The van der Waals surface area contributed by atoms with E-state index in [-0.39, 0.29) is 0 Å². The summed E-state index contributed by atoms with van der Waals surface area (Å²) in [6.45, 7) is 5.54. The van der Waals surface area contributed by atoms with E-state index in [1.165, 1.54) is 19.5 Å². The minimum absolute atomic E-state index is 0.573. The van der Waals surface area contributed by atoms with Gasteiger partial charge < -0.3 is 15.5 Å². The smallest absolute Gasteiger partial charge is 0.134 e. The van der Waals surface area contributed by atoms with Crippen LogP contribution in [0.3, 0.4) is 0 Å². The molecule has 0 aromatic carbocycles. The molecule has 1 atom stereocenters. The number of nitrogens with two attached hydrogens (primary N) is 1. The van der Waals surface area contributed by atoms with Crippen molar-refractivity contribution in [1.82, 2.24) is 14.9 Å². The van der Waals surface area contributed by atoms with E-state index in [0.29, 0.717) is 5.82 Å². The van der Waals surface area contributed by atoms with Crippen molar-refractivity contribution in [3.8, 4) is 0 Å². The maximum absolute atomic E-state index is 5.87. The minimum Gasteiger partial charge on any atom is -0.384 e. The number of hydrogen-bond acceptors (Lipinski definition) is 5. The quantitative estimate of drug-likeness (QED) is 0.870. The molecule has 0 bridgehead atoms. The SMILES string of the molecule is CCCc1nc(N)cc(N(C)CC2CCN(C)C2)n1. The van der Waals surface area contributed by atoms with Crippen LogP contribution in [0.1, 0.15) is 25.6 Å². The fraction of sp³-hybridized carbons (Fsp3) is 0.714. The highest BCUT2D eigenvalue weighted by Gasteiger charge is 2.21. The first-order chi connectivity index (χ1) is 9.08. The van der Waals surface area contributed by atoms with Gasteiger partial charge in [-0.3, -0.25) is 0 Å². The van der Waals surface area contributed by atoms with E-state index in [1.54, 1.807) is 0 Å². The largest absolute Gasteiger partial charge is 0.384 e. The third-order valence-corrected chi connectivity index (χ3v) is 3.66. The summed E-state index contributed by atoms with van der Waals surface area (Å²) in [6.07, 6.45) is 3.20. The Morgan fingerprint density at radius 1 is 1.47 bits per heavy atom. The third kappa shape index (κ3) is 3.80. The second kappa shape index (κ2) is 6.19. The molecule has 2 N–H and O–H groups in total. The van der Waals surface area contributed by atoms with Crippen molar-refractivity contribution in [1.29, 1.82) is 0 Å². The zero-order chi connectivity index (χ0) is 13.8. The number of rotatable bonds is 5. The van der Waals surface area contributed by atoms with Gasteiger partial charge in [0.25, 0.3) is 0 Å². The average molecular weight is 263 g/mol. The molecule has 5 nitrogen and oxygen atoms in total. The van der Waals surface area contributed by atoms with Crippen molar-refractivity contribution >= 4 is 11.6 Å². The molecule has 0 saturated carbocycles. The van der Waals surface area contributed by atoms with Crippen molar-refractivity contribution in [3.05, 3.63) is 11.9 Å². The van der Waals surface area contributed by atoms with Gasteiger partial charge in [0, 0.05) is 32.6 Å². The summed E-state index contributed by atoms with van der Waals surface area (Å²) in [6, 6.07) is 1.87. The van der Waals surface area contributed by atoms with Crippen molar-refractivity contribution < 1.29 is 0 Å². The zero-order valence-corrected chi connectivity index (χ0v) is 12.3. The van der Waals surface area contributed by atoms with Gasteiger partial charge in [-0.15, -0.1) is 0 Å². The lowest BCUT2D eigenvalue weighted by atomic mass is 10.1. The summed E-state index contributed by atoms with van der Waals surface area (Å²) >= 11 is 0. The normalized spacial score (nSPS) is 19.8. The Morgan fingerprint density at radius 3 is 2.89 bits per heavy atom. The van der Waals surface area contributed by atoms with E-state index in [0.717, 1.165) is 36.9 Å². The molecule has 2 heterocycles. The van der Waals surface area contributed by atoms with E-state index < -0.39 is 0 Å². The Labute approximate surface area is 115 Å². The van der Waals surface area contributed by atoms with E-state index in [1.807, 2.05) is 6.07 Å². The van der Waals surface area contributed by atoms with Gasteiger partial charge in [-0.05, 0) is 32.4 Å². The van der Waals surface area contributed by atoms with Gasteiger partial charge in [-0.25, -0.2) is 9.97 Å². The Kier molecular flexibility index (Phi) is 4.58. The third-order valence-electron chi connectivity index (χ3n) is 3.66. The molecule has 1 aromatic rings. The van der Waals surface area contributed by atoms with Gasteiger partial charge in [0.05, 0.1) is 0 Å². The van der Waals surface area contributed by atoms with Crippen molar-refractivity contribution in [2.24, 2.45) is 5.92 Å². The van der Waals surface area contributed by atoms with Crippen molar-refractivity contribution in [3.63, 3.8) is 0 Å². The summed E-state index contributed by atoms with van der Waals surface area (Å²) < 4.78 is 0. The Bertz CT molecular complexity index is 420. The Balaban J connectivity index is 2.03. The van der Waals surface area contributed by atoms with Crippen LogP contribution < -0.4 is 10.6 Å². The monoisotopic (exact) mass is 263 g/mol. The Morgan fingerprint density at radius 2 is 2.26 bits per heavy atom. The van der Waals surface area contributed by atoms with Crippen molar-refractivity contribution in [2.75, 3.05) is 44.4 Å².